The van der Waals surface area contributed by atoms with Crippen molar-refractivity contribution in [3.8, 4) is 0 Å². The number of nitrogens with one attached hydrogen (secondary N) is 1. The Morgan fingerprint density at radius 2 is 1.87 bits per heavy atom. The van der Waals surface area contributed by atoms with Gasteiger partial charge in [0.1, 0.15) is 0 Å². The Morgan fingerprint density at radius 1 is 1.17 bits per heavy atom. The highest BCUT2D eigenvalue weighted by Crippen LogP contribution is 2.25. The molecule has 1 amide bonds. The first-order valence-corrected chi connectivity index (χ1v) is 12.7. The second kappa shape index (κ2) is 9.62. The maximum Gasteiger partial charge on any atom is 0.223 e. The van der Waals surface area contributed by atoms with Gasteiger partial charge in [-0.2, -0.15) is 0 Å². The molecule has 1 aliphatic heterocycles. The first kappa shape index (κ1) is 23.0. The van der Waals surface area contributed by atoms with Crippen molar-refractivity contribution >= 4 is 31.9 Å². The van der Waals surface area contributed by atoms with Crippen LogP contribution in [0.3, 0.4) is 0 Å². The molecular formula is C23H29BrN2O3S. The van der Waals surface area contributed by atoms with E-state index in [1.54, 1.807) is 0 Å². The first-order valence-electron chi connectivity index (χ1n) is 10.3. The highest BCUT2D eigenvalue weighted by molar-refractivity contribution is 9.10. The second-order valence-corrected chi connectivity index (χ2v) is 11.0. The maximum absolute atomic E-state index is 12.8. The summed E-state index contributed by atoms with van der Waals surface area (Å²) < 4.78 is 27.9. The van der Waals surface area contributed by atoms with Crippen LogP contribution in [0.25, 0.3) is 0 Å². The highest BCUT2D eigenvalue weighted by Gasteiger charge is 2.31. The summed E-state index contributed by atoms with van der Waals surface area (Å²) >= 11 is 3.38. The number of carbonyl (C=O) groups is 1. The van der Waals surface area contributed by atoms with Crippen LogP contribution >= 0.6 is 15.9 Å². The number of amides is 1. The van der Waals surface area contributed by atoms with E-state index in [9.17, 15) is 13.2 Å². The number of aryl methyl sites for hydroxylation is 2. The number of carbonyl (C=O) groups excluding carboxylic acids is 1. The molecule has 0 bridgehead atoms. The van der Waals surface area contributed by atoms with E-state index in [-0.39, 0.29) is 23.6 Å². The fourth-order valence-corrected chi connectivity index (χ4v) is 6.04. The summed E-state index contributed by atoms with van der Waals surface area (Å²) in [6.07, 6.45) is 1.09. The SMILES string of the molecule is Cc1ccc([C@@H](C)NC(=O)C2CCN(S(=O)(=O)Cc3cccc(Br)c3)CC2)c(C)c1. The predicted octanol–water partition coefficient (Wildman–Crippen LogP) is 4.49. The van der Waals surface area contributed by atoms with Gasteiger partial charge in [-0.1, -0.05) is 51.8 Å². The van der Waals surface area contributed by atoms with E-state index in [0.717, 1.165) is 21.2 Å². The average Bonchev–Trinajstić information content (AvgIpc) is 2.67. The summed E-state index contributed by atoms with van der Waals surface area (Å²) in [7, 11) is -3.40. The third kappa shape index (κ3) is 5.71. The molecule has 2 aromatic carbocycles. The number of nitrogens with zero attached hydrogens (tertiary/aromatic N) is 1. The zero-order valence-electron chi connectivity index (χ0n) is 17.7. The third-order valence-electron chi connectivity index (χ3n) is 5.71. The minimum atomic E-state index is -3.40. The molecule has 0 spiro atoms. The fraction of sp³-hybridized carbons (Fsp3) is 0.435. The molecule has 1 atom stereocenters. The van der Waals surface area contributed by atoms with Crippen molar-refractivity contribution in [3.63, 3.8) is 0 Å². The van der Waals surface area contributed by atoms with Gasteiger partial charge in [0.15, 0.2) is 0 Å². The third-order valence-corrected chi connectivity index (χ3v) is 8.05. The molecule has 1 aliphatic rings. The molecule has 0 saturated carbocycles. The van der Waals surface area contributed by atoms with Crippen LogP contribution in [0.5, 0.6) is 0 Å². The lowest BCUT2D eigenvalue weighted by Gasteiger charge is -2.31. The van der Waals surface area contributed by atoms with Crippen molar-refractivity contribution in [1.82, 2.24) is 9.62 Å². The van der Waals surface area contributed by atoms with E-state index < -0.39 is 10.0 Å². The standard InChI is InChI=1S/C23H29BrN2O3S/c1-16-7-8-22(17(2)13-16)18(3)25-23(27)20-9-11-26(12-10-20)30(28,29)15-19-5-4-6-21(24)14-19/h4-8,13-14,18,20H,9-12,15H2,1-3H3,(H,25,27)/t18-/m1/s1. The van der Waals surface area contributed by atoms with E-state index >= 15 is 0 Å². The summed E-state index contributed by atoms with van der Waals surface area (Å²) in [5.41, 5.74) is 4.23. The van der Waals surface area contributed by atoms with E-state index in [2.05, 4.69) is 53.3 Å². The molecule has 0 aliphatic carbocycles. The molecule has 1 saturated heterocycles. The molecule has 2 aromatic rings. The Labute approximate surface area is 188 Å². The van der Waals surface area contributed by atoms with Crippen LogP contribution in [0, 0.1) is 19.8 Å². The molecule has 0 radical (unpaired) electrons. The van der Waals surface area contributed by atoms with Gasteiger partial charge < -0.3 is 5.32 Å². The summed E-state index contributed by atoms with van der Waals surface area (Å²) in [6, 6.07) is 13.5. The van der Waals surface area contributed by atoms with Crippen LogP contribution in [-0.2, 0) is 20.6 Å². The molecule has 7 heteroatoms. The van der Waals surface area contributed by atoms with Crippen LogP contribution < -0.4 is 5.32 Å². The number of benzene rings is 2. The quantitative estimate of drug-likeness (QED) is 0.645. The highest BCUT2D eigenvalue weighted by atomic mass is 79.9. The number of halogens is 1. The number of rotatable bonds is 6. The zero-order chi connectivity index (χ0) is 21.9. The fourth-order valence-electron chi connectivity index (χ4n) is 4.05. The smallest absolute Gasteiger partial charge is 0.223 e. The van der Waals surface area contributed by atoms with Crippen molar-refractivity contribution in [2.75, 3.05) is 13.1 Å². The lowest BCUT2D eigenvalue weighted by Crippen LogP contribution is -2.43. The molecule has 1 fully saturated rings. The number of piperidine rings is 1. The Kier molecular flexibility index (Phi) is 7.37. The molecule has 1 N–H and O–H groups in total. The Morgan fingerprint density at radius 3 is 2.50 bits per heavy atom. The van der Waals surface area contributed by atoms with Crippen molar-refractivity contribution in [2.24, 2.45) is 5.92 Å². The Bertz CT molecular complexity index is 1010. The molecule has 0 unspecified atom stereocenters. The average molecular weight is 493 g/mol. The molecular weight excluding hydrogens is 464 g/mol. The lowest BCUT2D eigenvalue weighted by molar-refractivity contribution is -0.126. The van der Waals surface area contributed by atoms with Crippen LogP contribution in [0.2, 0.25) is 0 Å². The lowest BCUT2D eigenvalue weighted by atomic mass is 9.95. The molecule has 162 valence electrons. The van der Waals surface area contributed by atoms with Crippen molar-refractivity contribution < 1.29 is 13.2 Å². The van der Waals surface area contributed by atoms with Crippen molar-refractivity contribution in [1.29, 1.82) is 0 Å². The van der Waals surface area contributed by atoms with Gasteiger partial charge in [-0.25, -0.2) is 12.7 Å². The number of hydrogen-bond donors (Lipinski definition) is 1. The summed E-state index contributed by atoms with van der Waals surface area (Å²) in [5.74, 6) is -0.172. The minimum absolute atomic E-state index is 0.00603. The maximum atomic E-state index is 12.8. The molecule has 0 aromatic heterocycles. The zero-order valence-corrected chi connectivity index (χ0v) is 20.1. The van der Waals surface area contributed by atoms with Gasteiger partial charge in [0, 0.05) is 23.5 Å². The molecule has 1 heterocycles. The summed E-state index contributed by atoms with van der Waals surface area (Å²) in [6.45, 7) is 6.87. The predicted molar refractivity (Wildman–Crippen MR) is 124 cm³/mol. The van der Waals surface area contributed by atoms with Crippen molar-refractivity contribution in [3.05, 3.63) is 69.2 Å². The minimum Gasteiger partial charge on any atom is -0.349 e. The molecule has 30 heavy (non-hydrogen) atoms. The van der Waals surface area contributed by atoms with Gasteiger partial charge in [-0.15, -0.1) is 0 Å². The Balaban J connectivity index is 1.56. The van der Waals surface area contributed by atoms with Gasteiger partial charge in [-0.05, 0) is 62.4 Å². The first-order chi connectivity index (χ1) is 14.2. The number of hydrogen-bond acceptors (Lipinski definition) is 3. The van der Waals surface area contributed by atoms with Crippen LogP contribution in [0.15, 0.2) is 46.9 Å². The van der Waals surface area contributed by atoms with E-state index in [4.69, 9.17) is 0 Å². The van der Waals surface area contributed by atoms with Crippen LogP contribution in [0.4, 0.5) is 0 Å². The van der Waals surface area contributed by atoms with Gasteiger partial charge >= 0.3 is 0 Å². The van der Waals surface area contributed by atoms with Gasteiger partial charge in [0.25, 0.3) is 0 Å². The van der Waals surface area contributed by atoms with E-state index in [1.807, 2.05) is 31.2 Å². The monoisotopic (exact) mass is 492 g/mol. The van der Waals surface area contributed by atoms with Gasteiger partial charge in [0.05, 0.1) is 11.8 Å². The van der Waals surface area contributed by atoms with Crippen molar-refractivity contribution in [2.45, 2.75) is 45.4 Å². The normalized spacial score (nSPS) is 16.9. The van der Waals surface area contributed by atoms with Gasteiger partial charge in [0.2, 0.25) is 15.9 Å². The molecule has 3 rings (SSSR count). The van der Waals surface area contributed by atoms with Gasteiger partial charge in [-0.3, -0.25) is 4.79 Å². The van der Waals surface area contributed by atoms with E-state index in [0.29, 0.717) is 25.9 Å². The topological polar surface area (TPSA) is 66.5 Å². The Hall–Kier alpha value is -1.70. The second-order valence-electron chi connectivity index (χ2n) is 8.15. The largest absolute Gasteiger partial charge is 0.349 e. The summed E-state index contributed by atoms with van der Waals surface area (Å²) in [4.78, 5) is 12.8. The van der Waals surface area contributed by atoms with Crippen LogP contribution in [0.1, 0.15) is 48.1 Å². The molecule has 5 nitrogen and oxygen atoms in total. The summed E-state index contributed by atoms with van der Waals surface area (Å²) in [5, 5.41) is 3.11. The van der Waals surface area contributed by atoms with Crippen LogP contribution in [-0.4, -0.2) is 31.7 Å². The van der Waals surface area contributed by atoms with E-state index in [1.165, 1.54) is 9.87 Å². The number of sulfonamides is 1.